The lowest BCUT2D eigenvalue weighted by molar-refractivity contribution is 0.0926. The molecule has 0 saturated carbocycles. The van der Waals surface area contributed by atoms with Gasteiger partial charge < -0.3 is 4.90 Å². The Balaban J connectivity index is 1.90. The first-order valence-electron chi connectivity index (χ1n) is 8.42. The summed E-state index contributed by atoms with van der Waals surface area (Å²) < 4.78 is 0. The fraction of sp³-hybridized carbons (Fsp3) is 0.0455. The fourth-order valence-electron chi connectivity index (χ4n) is 3.28. The highest BCUT2D eigenvalue weighted by atomic mass is 16.2. The molecule has 0 bridgehead atoms. The molecular weight excluding hydrogens is 338 g/mol. The lowest BCUT2D eigenvalue weighted by Gasteiger charge is -2.22. The van der Waals surface area contributed by atoms with Crippen LogP contribution in [0.5, 0.6) is 0 Å². The van der Waals surface area contributed by atoms with Crippen molar-refractivity contribution >= 4 is 28.9 Å². The zero-order valence-corrected chi connectivity index (χ0v) is 14.6. The molecule has 1 aliphatic heterocycles. The molecule has 0 radical (unpaired) electrons. The Morgan fingerprint density at radius 1 is 0.889 bits per heavy atom. The van der Waals surface area contributed by atoms with Gasteiger partial charge in [-0.2, -0.15) is 5.26 Å². The highest BCUT2D eigenvalue weighted by Crippen LogP contribution is 2.37. The number of benzene rings is 3. The highest BCUT2D eigenvalue weighted by Gasteiger charge is 2.39. The third-order valence-corrected chi connectivity index (χ3v) is 4.62. The molecule has 0 spiro atoms. The van der Waals surface area contributed by atoms with E-state index < -0.39 is 5.91 Å². The maximum Gasteiger partial charge on any atom is 0.268 e. The molecule has 130 valence electrons. The van der Waals surface area contributed by atoms with Crippen molar-refractivity contribution in [2.75, 3.05) is 16.8 Å². The number of carbonyl (C=O) groups excluding carboxylic acids is 2. The molecular formula is C22H15N3O2. The summed E-state index contributed by atoms with van der Waals surface area (Å²) in [4.78, 5) is 29.1. The third-order valence-electron chi connectivity index (χ3n) is 4.62. The second-order valence-corrected chi connectivity index (χ2v) is 6.21. The quantitative estimate of drug-likeness (QED) is 0.664. The molecule has 27 heavy (non-hydrogen) atoms. The molecule has 2 amide bonds. The van der Waals surface area contributed by atoms with Gasteiger partial charge in [-0.05, 0) is 36.4 Å². The monoisotopic (exact) mass is 353 g/mol. The second-order valence-electron chi connectivity index (χ2n) is 6.21. The van der Waals surface area contributed by atoms with Gasteiger partial charge in [-0.3, -0.25) is 9.59 Å². The minimum absolute atomic E-state index is 0.251. The molecule has 0 unspecified atom stereocenters. The molecule has 5 heteroatoms. The number of fused-ring (bicyclic) bond motifs is 1. The molecule has 0 aliphatic carbocycles. The van der Waals surface area contributed by atoms with Gasteiger partial charge in [0.1, 0.15) is 0 Å². The summed E-state index contributed by atoms with van der Waals surface area (Å²) in [5.41, 5.74) is 2.80. The van der Waals surface area contributed by atoms with Crippen molar-refractivity contribution < 1.29 is 9.59 Å². The molecule has 0 fully saturated rings. The summed E-state index contributed by atoms with van der Waals surface area (Å²) in [5, 5.41) is 9.40. The molecule has 0 N–H and O–H groups in total. The van der Waals surface area contributed by atoms with E-state index in [-0.39, 0.29) is 11.5 Å². The van der Waals surface area contributed by atoms with Crippen molar-refractivity contribution in [3.8, 4) is 6.07 Å². The maximum atomic E-state index is 13.2. The lowest BCUT2D eigenvalue weighted by atomic mass is 10.0. The van der Waals surface area contributed by atoms with Crippen LogP contribution in [0.1, 0.15) is 26.3 Å². The van der Waals surface area contributed by atoms with Crippen LogP contribution in [0.3, 0.4) is 0 Å². The average molecular weight is 353 g/mol. The van der Waals surface area contributed by atoms with Crippen LogP contribution >= 0.6 is 0 Å². The molecule has 3 aromatic rings. The van der Waals surface area contributed by atoms with Gasteiger partial charge in [-0.15, -0.1) is 0 Å². The molecule has 0 saturated heterocycles. The van der Waals surface area contributed by atoms with Crippen LogP contribution < -0.4 is 9.80 Å². The first-order chi connectivity index (χ1) is 13.1. The normalized spacial score (nSPS) is 12.7. The smallest absolute Gasteiger partial charge is 0.268 e. The van der Waals surface area contributed by atoms with Crippen molar-refractivity contribution in [3.05, 3.63) is 89.5 Å². The summed E-state index contributed by atoms with van der Waals surface area (Å²) >= 11 is 0. The van der Waals surface area contributed by atoms with E-state index in [1.165, 1.54) is 6.07 Å². The van der Waals surface area contributed by atoms with E-state index in [4.69, 9.17) is 0 Å². The summed E-state index contributed by atoms with van der Waals surface area (Å²) in [5.74, 6) is -0.801. The van der Waals surface area contributed by atoms with E-state index in [9.17, 15) is 14.9 Å². The number of nitriles is 1. The Hall–Kier alpha value is -3.91. The van der Waals surface area contributed by atoms with Gasteiger partial charge in [-0.1, -0.05) is 36.4 Å². The number of anilines is 3. The number of hydrogen-bond acceptors (Lipinski definition) is 4. The molecule has 0 aromatic heterocycles. The number of imide groups is 1. The van der Waals surface area contributed by atoms with Crippen LogP contribution in [0, 0.1) is 11.3 Å². The van der Waals surface area contributed by atoms with Gasteiger partial charge in [0.2, 0.25) is 0 Å². The van der Waals surface area contributed by atoms with Crippen molar-refractivity contribution in [1.29, 1.82) is 5.26 Å². The minimum Gasteiger partial charge on any atom is -0.344 e. The number of rotatable bonds is 3. The summed E-state index contributed by atoms with van der Waals surface area (Å²) in [7, 11) is 1.81. The van der Waals surface area contributed by atoms with Gasteiger partial charge in [0.15, 0.2) is 0 Å². The van der Waals surface area contributed by atoms with Crippen LogP contribution in [0.25, 0.3) is 0 Å². The van der Waals surface area contributed by atoms with Crippen LogP contribution in [0.15, 0.2) is 72.8 Å². The van der Waals surface area contributed by atoms with E-state index in [0.717, 1.165) is 10.6 Å². The molecule has 4 rings (SSSR count). The first-order valence-corrected chi connectivity index (χ1v) is 8.42. The Bertz CT molecular complexity index is 1090. The molecule has 3 aromatic carbocycles. The number of amides is 2. The van der Waals surface area contributed by atoms with E-state index >= 15 is 0 Å². The predicted molar refractivity (Wildman–Crippen MR) is 103 cm³/mol. The maximum absolute atomic E-state index is 13.2. The molecule has 5 nitrogen and oxygen atoms in total. The minimum atomic E-state index is -0.416. The summed E-state index contributed by atoms with van der Waals surface area (Å²) in [6, 6.07) is 23.5. The highest BCUT2D eigenvalue weighted by molar-refractivity contribution is 6.36. The van der Waals surface area contributed by atoms with Gasteiger partial charge in [0, 0.05) is 12.7 Å². The number of carbonyl (C=O) groups is 2. The Labute approximate surface area is 156 Å². The van der Waals surface area contributed by atoms with Gasteiger partial charge >= 0.3 is 0 Å². The van der Waals surface area contributed by atoms with Gasteiger partial charge in [0.05, 0.1) is 34.1 Å². The van der Waals surface area contributed by atoms with Crippen molar-refractivity contribution in [2.24, 2.45) is 0 Å². The van der Waals surface area contributed by atoms with Crippen molar-refractivity contribution in [2.45, 2.75) is 0 Å². The van der Waals surface area contributed by atoms with Crippen LogP contribution in [-0.4, -0.2) is 18.9 Å². The predicted octanol–water partition coefficient (Wildman–Crippen LogP) is 4.13. The van der Waals surface area contributed by atoms with Crippen LogP contribution in [0.2, 0.25) is 0 Å². The van der Waals surface area contributed by atoms with E-state index in [0.29, 0.717) is 22.5 Å². The standard InChI is InChI=1S/C22H15N3O2/c1-24(16-8-4-2-5-9-16)19-13-15(14-23)12-18-20(19)22(27)25(21(18)26)17-10-6-3-7-11-17/h2-13H,1H3. The van der Waals surface area contributed by atoms with Gasteiger partial charge in [0.25, 0.3) is 11.8 Å². The number of para-hydroxylation sites is 2. The summed E-state index contributed by atoms with van der Waals surface area (Å²) in [6.07, 6.45) is 0. The number of hydrogen-bond donors (Lipinski definition) is 0. The Morgan fingerprint density at radius 2 is 1.52 bits per heavy atom. The lowest BCUT2D eigenvalue weighted by Crippen LogP contribution is -2.29. The number of nitrogens with zero attached hydrogens (tertiary/aromatic N) is 3. The topological polar surface area (TPSA) is 64.4 Å². The SMILES string of the molecule is CN(c1ccccc1)c1cc(C#N)cc2c1C(=O)N(c1ccccc1)C2=O. The first kappa shape index (κ1) is 16.6. The van der Waals surface area contributed by atoms with Crippen LogP contribution in [-0.2, 0) is 0 Å². The third kappa shape index (κ3) is 2.64. The van der Waals surface area contributed by atoms with Crippen molar-refractivity contribution in [3.63, 3.8) is 0 Å². The summed E-state index contributed by atoms with van der Waals surface area (Å²) in [6.45, 7) is 0. The Kier molecular flexibility index (Phi) is 3.94. The largest absolute Gasteiger partial charge is 0.344 e. The molecule has 1 heterocycles. The molecule has 0 atom stereocenters. The zero-order chi connectivity index (χ0) is 19.0. The van der Waals surface area contributed by atoms with Gasteiger partial charge in [-0.25, -0.2) is 4.90 Å². The van der Waals surface area contributed by atoms with Crippen LogP contribution in [0.4, 0.5) is 17.1 Å². The van der Waals surface area contributed by atoms with E-state index in [2.05, 4.69) is 6.07 Å². The zero-order valence-electron chi connectivity index (χ0n) is 14.6. The van der Waals surface area contributed by atoms with E-state index in [1.807, 2.05) is 48.3 Å². The molecule has 1 aliphatic rings. The average Bonchev–Trinajstić information content (AvgIpc) is 2.98. The second kappa shape index (κ2) is 6.43. The van der Waals surface area contributed by atoms with Crippen molar-refractivity contribution in [1.82, 2.24) is 0 Å². The van der Waals surface area contributed by atoms with E-state index in [1.54, 1.807) is 30.3 Å². The fourth-order valence-corrected chi connectivity index (χ4v) is 3.28. The Morgan fingerprint density at radius 3 is 2.15 bits per heavy atom.